The second-order valence-electron chi connectivity index (χ2n) is 6.84. The topological polar surface area (TPSA) is 137 Å². The highest BCUT2D eigenvalue weighted by molar-refractivity contribution is 6.23. The number of aromatic amines is 2. The van der Waals surface area contributed by atoms with Gasteiger partial charge in [0, 0.05) is 23.5 Å². The number of rotatable bonds is 5. The molecule has 3 amide bonds. The number of fused-ring (bicyclic) bond motifs is 2. The van der Waals surface area contributed by atoms with Gasteiger partial charge in [-0.25, -0.2) is 5.10 Å². The fourth-order valence-electron chi connectivity index (χ4n) is 3.71. The van der Waals surface area contributed by atoms with Gasteiger partial charge in [-0.05, 0) is 34.2 Å². The summed E-state index contributed by atoms with van der Waals surface area (Å²) in [4.78, 5) is 43.3. The maximum atomic E-state index is 13.1. The van der Waals surface area contributed by atoms with Gasteiger partial charge in [-0.1, -0.05) is 35.4 Å². The van der Waals surface area contributed by atoms with E-state index in [1.807, 2.05) is 24.3 Å². The summed E-state index contributed by atoms with van der Waals surface area (Å²) in [7, 11) is 0. The van der Waals surface area contributed by atoms with Crippen LogP contribution >= 0.6 is 0 Å². The maximum Gasteiger partial charge on any atom is 0.262 e. The third kappa shape index (κ3) is 2.82. The molecule has 0 fully saturated rings. The van der Waals surface area contributed by atoms with Crippen LogP contribution in [0.2, 0.25) is 0 Å². The summed E-state index contributed by atoms with van der Waals surface area (Å²) in [5.41, 5.74) is 2.26. The van der Waals surface area contributed by atoms with Gasteiger partial charge < -0.3 is 4.98 Å². The second kappa shape index (κ2) is 6.92. The minimum Gasteiger partial charge on any atom is -0.361 e. The molecule has 0 saturated carbocycles. The smallest absolute Gasteiger partial charge is 0.262 e. The molecule has 0 aliphatic carbocycles. The molecule has 0 bridgehead atoms. The lowest BCUT2D eigenvalue weighted by molar-refractivity contribution is -0.120. The Morgan fingerprint density at radius 2 is 1.73 bits per heavy atom. The Hall–Kier alpha value is -4.34. The highest BCUT2D eigenvalue weighted by Crippen LogP contribution is 2.28. The number of aromatic nitrogens is 5. The van der Waals surface area contributed by atoms with E-state index in [-0.39, 0.29) is 23.5 Å². The Bertz CT molecular complexity index is 1240. The summed E-state index contributed by atoms with van der Waals surface area (Å²) in [5.74, 6) is -1.56. The van der Waals surface area contributed by atoms with E-state index in [4.69, 9.17) is 0 Å². The number of benzene rings is 2. The van der Waals surface area contributed by atoms with E-state index in [9.17, 15) is 14.4 Å². The highest BCUT2D eigenvalue weighted by Gasteiger charge is 2.43. The van der Waals surface area contributed by atoms with Crippen molar-refractivity contribution in [2.75, 3.05) is 5.32 Å². The fraction of sp³-hybridized carbons (Fsp3) is 0.100. The zero-order valence-corrected chi connectivity index (χ0v) is 15.5. The van der Waals surface area contributed by atoms with Crippen molar-refractivity contribution in [2.45, 2.75) is 12.5 Å². The lowest BCUT2D eigenvalue weighted by Crippen LogP contribution is -2.48. The first-order valence-corrected chi connectivity index (χ1v) is 9.20. The van der Waals surface area contributed by atoms with Crippen LogP contribution in [-0.4, -0.2) is 54.3 Å². The van der Waals surface area contributed by atoms with Gasteiger partial charge in [0.05, 0.1) is 11.1 Å². The van der Waals surface area contributed by atoms with Gasteiger partial charge in [0.2, 0.25) is 11.9 Å². The number of hydrogen-bond acceptors (Lipinski definition) is 6. The number of nitrogens with one attached hydrogen (secondary N) is 3. The Morgan fingerprint density at radius 3 is 2.43 bits per heavy atom. The zero-order valence-electron chi connectivity index (χ0n) is 15.5. The molecule has 1 aliphatic rings. The van der Waals surface area contributed by atoms with Gasteiger partial charge in [0.1, 0.15) is 6.04 Å². The molecule has 5 rings (SSSR count). The van der Waals surface area contributed by atoms with Crippen molar-refractivity contribution in [3.63, 3.8) is 0 Å². The second-order valence-corrected chi connectivity index (χ2v) is 6.84. The third-order valence-electron chi connectivity index (χ3n) is 5.11. The van der Waals surface area contributed by atoms with E-state index in [0.29, 0.717) is 0 Å². The number of anilines is 1. The fourth-order valence-corrected chi connectivity index (χ4v) is 3.71. The number of hydrogen-bond donors (Lipinski definition) is 3. The number of imide groups is 1. The molecule has 1 atom stereocenters. The van der Waals surface area contributed by atoms with Crippen molar-refractivity contribution in [3.8, 4) is 0 Å². The number of para-hydroxylation sites is 1. The maximum absolute atomic E-state index is 13.1. The molecule has 0 unspecified atom stereocenters. The van der Waals surface area contributed by atoms with Crippen LogP contribution < -0.4 is 5.32 Å². The average Bonchev–Trinajstić information content (AvgIpc) is 3.47. The normalized spacial score (nSPS) is 14.2. The van der Waals surface area contributed by atoms with E-state index in [1.165, 1.54) is 0 Å². The zero-order chi connectivity index (χ0) is 20.7. The molecule has 0 saturated heterocycles. The van der Waals surface area contributed by atoms with Gasteiger partial charge >= 0.3 is 0 Å². The van der Waals surface area contributed by atoms with Gasteiger partial charge in [-0.3, -0.25) is 24.6 Å². The first-order valence-electron chi connectivity index (χ1n) is 9.20. The van der Waals surface area contributed by atoms with Crippen LogP contribution in [0, 0.1) is 0 Å². The molecule has 148 valence electrons. The molecular weight excluding hydrogens is 386 g/mol. The van der Waals surface area contributed by atoms with Crippen molar-refractivity contribution in [1.82, 2.24) is 30.5 Å². The Balaban J connectivity index is 1.54. The summed E-state index contributed by atoms with van der Waals surface area (Å²) in [6.07, 6.45) is 1.90. The molecule has 3 heterocycles. The standard InChI is InChI=1S/C20H15N7O3/c28-17(22-20-23-25-26-24-20)16(9-11-10-21-15-8-4-3-5-12(11)15)27-18(29)13-6-1-2-7-14(13)19(27)30/h1-8,10,16,21H,9H2,(H2,22,23,24,25,26,28)/t16-/m0/s1. The summed E-state index contributed by atoms with van der Waals surface area (Å²) in [6.45, 7) is 0. The largest absolute Gasteiger partial charge is 0.361 e. The van der Waals surface area contributed by atoms with Crippen LogP contribution in [0.1, 0.15) is 26.3 Å². The van der Waals surface area contributed by atoms with Crippen LogP contribution in [0.3, 0.4) is 0 Å². The van der Waals surface area contributed by atoms with E-state index in [1.54, 1.807) is 30.5 Å². The molecule has 4 aromatic rings. The molecule has 10 heteroatoms. The number of carbonyl (C=O) groups excluding carboxylic acids is 3. The van der Waals surface area contributed by atoms with E-state index >= 15 is 0 Å². The van der Waals surface area contributed by atoms with Gasteiger partial charge in [0.25, 0.3) is 11.8 Å². The van der Waals surface area contributed by atoms with Crippen LogP contribution in [0.15, 0.2) is 54.7 Å². The number of tetrazole rings is 1. The molecule has 2 aromatic carbocycles. The number of amides is 3. The summed E-state index contributed by atoms with van der Waals surface area (Å²) < 4.78 is 0. The molecule has 0 spiro atoms. The third-order valence-corrected chi connectivity index (χ3v) is 5.11. The Labute approximate surface area is 169 Å². The molecule has 0 radical (unpaired) electrons. The van der Waals surface area contributed by atoms with Crippen molar-refractivity contribution >= 4 is 34.6 Å². The molecule has 2 aromatic heterocycles. The van der Waals surface area contributed by atoms with Crippen molar-refractivity contribution in [2.24, 2.45) is 0 Å². The van der Waals surface area contributed by atoms with Crippen LogP contribution in [0.4, 0.5) is 5.95 Å². The summed E-state index contributed by atoms with van der Waals surface area (Å²) >= 11 is 0. The van der Waals surface area contributed by atoms with Gasteiger partial charge in [-0.15, -0.1) is 0 Å². The van der Waals surface area contributed by atoms with Crippen molar-refractivity contribution in [3.05, 3.63) is 71.4 Å². The number of carbonyl (C=O) groups is 3. The predicted molar refractivity (Wildman–Crippen MR) is 106 cm³/mol. The van der Waals surface area contributed by atoms with Gasteiger partial charge in [-0.2, -0.15) is 0 Å². The minimum absolute atomic E-state index is 0.0283. The Kier molecular flexibility index (Phi) is 4.09. The number of H-pyrrole nitrogens is 2. The SMILES string of the molecule is O=C(Nc1nnn[nH]1)[C@H](Cc1c[nH]c2ccccc12)N1C(=O)c2ccccc2C1=O. The van der Waals surface area contributed by atoms with E-state index < -0.39 is 23.8 Å². The van der Waals surface area contributed by atoms with Gasteiger partial charge in [0.15, 0.2) is 0 Å². The van der Waals surface area contributed by atoms with Crippen LogP contribution in [0.25, 0.3) is 10.9 Å². The van der Waals surface area contributed by atoms with Crippen LogP contribution in [0.5, 0.6) is 0 Å². The van der Waals surface area contributed by atoms with E-state index in [2.05, 4.69) is 30.9 Å². The molecule has 10 nitrogen and oxygen atoms in total. The number of nitrogens with zero attached hydrogens (tertiary/aromatic N) is 4. The van der Waals surface area contributed by atoms with Crippen LogP contribution in [-0.2, 0) is 11.2 Å². The summed E-state index contributed by atoms with van der Waals surface area (Å²) in [6, 6.07) is 13.0. The molecular formula is C20H15N7O3. The van der Waals surface area contributed by atoms with Crippen molar-refractivity contribution < 1.29 is 14.4 Å². The monoisotopic (exact) mass is 401 g/mol. The molecule has 1 aliphatic heterocycles. The minimum atomic E-state index is -1.10. The first kappa shape index (κ1) is 17.7. The predicted octanol–water partition coefficient (Wildman–Crippen LogP) is 1.53. The molecule has 3 N–H and O–H groups in total. The van der Waals surface area contributed by atoms with Crippen molar-refractivity contribution in [1.29, 1.82) is 0 Å². The van der Waals surface area contributed by atoms with E-state index in [0.717, 1.165) is 21.4 Å². The quantitative estimate of drug-likeness (QED) is 0.434. The molecule has 30 heavy (non-hydrogen) atoms. The Morgan fingerprint density at radius 1 is 1.03 bits per heavy atom. The highest BCUT2D eigenvalue weighted by atomic mass is 16.2. The summed E-state index contributed by atoms with van der Waals surface area (Å²) in [5, 5.41) is 16.4. The lowest BCUT2D eigenvalue weighted by atomic mass is 10.0. The lowest BCUT2D eigenvalue weighted by Gasteiger charge is -2.24. The first-order chi connectivity index (χ1) is 14.6. The average molecular weight is 401 g/mol.